The Morgan fingerprint density at radius 3 is 2.93 bits per heavy atom. The third-order valence-corrected chi connectivity index (χ3v) is 2.71. The second kappa shape index (κ2) is 3.96. The molecule has 5 heteroatoms. The molecule has 2 saturated heterocycles. The molecule has 5 nitrogen and oxygen atoms in total. The number of amides is 2. The van der Waals surface area contributed by atoms with Crippen LogP contribution >= 0.6 is 0 Å². The van der Waals surface area contributed by atoms with Crippen molar-refractivity contribution in [2.24, 2.45) is 0 Å². The van der Waals surface area contributed by atoms with Gasteiger partial charge in [-0.2, -0.15) is 0 Å². The average Bonchev–Trinajstić information content (AvgIpc) is 2.69. The number of hydrogen-bond acceptors (Lipinski definition) is 3. The Morgan fingerprint density at radius 1 is 1.43 bits per heavy atom. The second-order valence-corrected chi connectivity index (χ2v) is 3.76. The van der Waals surface area contributed by atoms with Crippen LogP contribution in [0, 0.1) is 0 Å². The summed E-state index contributed by atoms with van der Waals surface area (Å²) >= 11 is 0. The molecule has 2 aliphatic rings. The lowest BCUT2D eigenvalue weighted by Crippen LogP contribution is -2.54. The van der Waals surface area contributed by atoms with Crippen LogP contribution in [0.4, 0.5) is 0 Å². The summed E-state index contributed by atoms with van der Waals surface area (Å²) in [7, 11) is 0. The highest BCUT2D eigenvalue weighted by Gasteiger charge is 2.29. The van der Waals surface area contributed by atoms with Crippen molar-refractivity contribution in [2.45, 2.75) is 18.9 Å². The quantitative estimate of drug-likeness (QED) is 0.549. The van der Waals surface area contributed by atoms with E-state index in [2.05, 4.69) is 10.6 Å². The number of piperazine rings is 1. The van der Waals surface area contributed by atoms with E-state index < -0.39 is 0 Å². The Kier molecular flexibility index (Phi) is 2.67. The van der Waals surface area contributed by atoms with Gasteiger partial charge in [-0.15, -0.1) is 0 Å². The molecule has 14 heavy (non-hydrogen) atoms. The first-order chi connectivity index (χ1) is 6.77. The largest absolute Gasteiger partial charge is 0.353 e. The second-order valence-electron chi connectivity index (χ2n) is 3.76. The molecule has 1 atom stereocenters. The molecular weight excluding hydrogens is 182 g/mol. The Bertz CT molecular complexity index is 248. The molecule has 78 valence electrons. The summed E-state index contributed by atoms with van der Waals surface area (Å²) < 4.78 is 0. The van der Waals surface area contributed by atoms with Gasteiger partial charge in [0.05, 0.1) is 12.6 Å². The lowest BCUT2D eigenvalue weighted by molar-refractivity contribution is -0.139. The van der Waals surface area contributed by atoms with Crippen LogP contribution in [0.3, 0.4) is 0 Å². The van der Waals surface area contributed by atoms with Gasteiger partial charge in [-0.25, -0.2) is 0 Å². The van der Waals surface area contributed by atoms with Crippen molar-refractivity contribution < 1.29 is 9.59 Å². The van der Waals surface area contributed by atoms with Gasteiger partial charge >= 0.3 is 0 Å². The maximum atomic E-state index is 11.8. The van der Waals surface area contributed by atoms with E-state index in [4.69, 9.17) is 0 Å². The van der Waals surface area contributed by atoms with Crippen molar-refractivity contribution in [2.75, 3.05) is 26.2 Å². The Balaban J connectivity index is 1.92. The van der Waals surface area contributed by atoms with Gasteiger partial charge < -0.3 is 15.5 Å². The molecule has 2 fully saturated rings. The van der Waals surface area contributed by atoms with Crippen LogP contribution < -0.4 is 10.6 Å². The topological polar surface area (TPSA) is 61.4 Å². The number of nitrogens with one attached hydrogen (secondary N) is 2. The molecule has 0 radical (unpaired) electrons. The van der Waals surface area contributed by atoms with E-state index in [1.807, 2.05) is 0 Å². The maximum absolute atomic E-state index is 11.8. The van der Waals surface area contributed by atoms with Gasteiger partial charge in [-0.3, -0.25) is 9.59 Å². The third kappa shape index (κ3) is 1.87. The molecule has 2 aliphatic heterocycles. The van der Waals surface area contributed by atoms with Gasteiger partial charge in [-0.1, -0.05) is 0 Å². The van der Waals surface area contributed by atoms with Gasteiger partial charge in [0.25, 0.3) is 0 Å². The van der Waals surface area contributed by atoms with Crippen molar-refractivity contribution in [3.63, 3.8) is 0 Å². The molecule has 0 aliphatic carbocycles. The molecule has 0 unspecified atom stereocenters. The molecule has 0 aromatic heterocycles. The van der Waals surface area contributed by atoms with Gasteiger partial charge in [0, 0.05) is 13.1 Å². The van der Waals surface area contributed by atoms with E-state index in [-0.39, 0.29) is 24.4 Å². The number of nitrogens with zero attached hydrogens (tertiary/aromatic N) is 1. The Labute approximate surface area is 82.8 Å². The van der Waals surface area contributed by atoms with E-state index in [1.165, 1.54) is 0 Å². The number of hydrogen-bond donors (Lipinski definition) is 2. The fourth-order valence-corrected chi connectivity index (χ4v) is 1.94. The summed E-state index contributed by atoms with van der Waals surface area (Å²) in [6, 6.07) is -0.0547. The van der Waals surface area contributed by atoms with Crippen molar-refractivity contribution in [3.05, 3.63) is 0 Å². The monoisotopic (exact) mass is 197 g/mol. The number of rotatable bonds is 1. The zero-order valence-electron chi connectivity index (χ0n) is 8.08. The SMILES string of the molecule is O=C1CN(C(=O)[C@@H]2CCCN2)CCN1. The minimum Gasteiger partial charge on any atom is -0.353 e. The summed E-state index contributed by atoms with van der Waals surface area (Å²) in [6.07, 6.45) is 1.95. The Morgan fingerprint density at radius 2 is 2.29 bits per heavy atom. The maximum Gasteiger partial charge on any atom is 0.240 e. The highest BCUT2D eigenvalue weighted by Crippen LogP contribution is 2.09. The van der Waals surface area contributed by atoms with E-state index >= 15 is 0 Å². The van der Waals surface area contributed by atoms with E-state index in [1.54, 1.807) is 4.90 Å². The molecule has 0 bridgehead atoms. The van der Waals surface area contributed by atoms with Crippen LogP contribution in [-0.4, -0.2) is 48.9 Å². The minimum absolute atomic E-state index is 0.0532. The van der Waals surface area contributed by atoms with Crippen molar-refractivity contribution in [3.8, 4) is 0 Å². The predicted octanol–water partition coefficient (Wildman–Crippen LogP) is -1.30. The van der Waals surface area contributed by atoms with Crippen LogP contribution in [0.25, 0.3) is 0 Å². The summed E-state index contributed by atoms with van der Waals surface area (Å²) in [5.41, 5.74) is 0. The summed E-state index contributed by atoms with van der Waals surface area (Å²) in [5, 5.41) is 5.85. The van der Waals surface area contributed by atoms with Crippen LogP contribution in [0.2, 0.25) is 0 Å². The van der Waals surface area contributed by atoms with Crippen molar-refractivity contribution >= 4 is 11.8 Å². The minimum atomic E-state index is -0.0547. The molecule has 2 heterocycles. The van der Waals surface area contributed by atoms with Gasteiger partial charge in [-0.05, 0) is 19.4 Å². The smallest absolute Gasteiger partial charge is 0.240 e. The summed E-state index contributed by atoms with van der Waals surface area (Å²) in [5.74, 6) is 0.0277. The fraction of sp³-hybridized carbons (Fsp3) is 0.778. The van der Waals surface area contributed by atoms with E-state index in [0.717, 1.165) is 19.4 Å². The van der Waals surface area contributed by atoms with Crippen molar-refractivity contribution in [1.82, 2.24) is 15.5 Å². The molecule has 0 aromatic rings. The average molecular weight is 197 g/mol. The predicted molar refractivity (Wildman–Crippen MR) is 50.6 cm³/mol. The summed E-state index contributed by atoms with van der Waals surface area (Å²) in [4.78, 5) is 24.5. The molecule has 2 rings (SSSR count). The highest BCUT2D eigenvalue weighted by atomic mass is 16.2. The molecule has 0 saturated carbocycles. The molecular formula is C9H15N3O2. The van der Waals surface area contributed by atoms with Gasteiger partial charge in [0.2, 0.25) is 11.8 Å². The van der Waals surface area contributed by atoms with Crippen LogP contribution in [-0.2, 0) is 9.59 Å². The van der Waals surface area contributed by atoms with E-state index in [0.29, 0.717) is 13.1 Å². The fourth-order valence-electron chi connectivity index (χ4n) is 1.94. The third-order valence-electron chi connectivity index (χ3n) is 2.71. The normalized spacial score (nSPS) is 27.6. The zero-order chi connectivity index (χ0) is 9.97. The lowest BCUT2D eigenvalue weighted by Gasteiger charge is -2.28. The van der Waals surface area contributed by atoms with Gasteiger partial charge in [0.15, 0.2) is 0 Å². The number of carbonyl (C=O) groups is 2. The lowest BCUT2D eigenvalue weighted by atomic mass is 10.2. The van der Waals surface area contributed by atoms with Crippen LogP contribution in [0.15, 0.2) is 0 Å². The molecule has 2 amide bonds. The first-order valence-electron chi connectivity index (χ1n) is 5.06. The van der Waals surface area contributed by atoms with Gasteiger partial charge in [0.1, 0.15) is 0 Å². The van der Waals surface area contributed by atoms with Crippen LogP contribution in [0.5, 0.6) is 0 Å². The molecule has 0 aromatic carbocycles. The Hall–Kier alpha value is -1.10. The highest BCUT2D eigenvalue weighted by molar-refractivity contribution is 5.88. The zero-order valence-corrected chi connectivity index (χ0v) is 8.08. The van der Waals surface area contributed by atoms with Crippen molar-refractivity contribution in [1.29, 1.82) is 0 Å². The van der Waals surface area contributed by atoms with Crippen LogP contribution in [0.1, 0.15) is 12.8 Å². The first-order valence-corrected chi connectivity index (χ1v) is 5.06. The number of carbonyl (C=O) groups excluding carboxylic acids is 2. The molecule has 0 spiro atoms. The summed E-state index contributed by atoms with van der Waals surface area (Å²) in [6.45, 7) is 2.35. The van der Waals surface area contributed by atoms with E-state index in [9.17, 15) is 9.59 Å². The first kappa shape index (κ1) is 9.45. The molecule has 2 N–H and O–H groups in total. The standard InChI is InChI=1S/C9H15N3O2/c13-8-6-12(5-4-11-8)9(14)7-2-1-3-10-7/h7,10H,1-6H2,(H,11,13)/t7-/m0/s1.